The number of hydrogen-bond donors (Lipinski definition) is 0. The van der Waals surface area contributed by atoms with Crippen molar-refractivity contribution in [2.45, 2.75) is 13.3 Å². The van der Waals surface area contributed by atoms with E-state index in [9.17, 15) is 9.65 Å². The Morgan fingerprint density at radius 1 is 1.20 bits per heavy atom. The Morgan fingerprint density at radius 2 is 1.92 bits per heavy atom. The number of fused-ring (bicyclic) bond motifs is 1. The fraction of sp³-hybridized carbons (Fsp3) is 0.444. The molecule has 2 atom stereocenters. The van der Waals surface area contributed by atoms with Crippen LogP contribution in [-0.4, -0.2) is 41.1 Å². The van der Waals surface area contributed by atoms with Gasteiger partial charge in [0, 0.05) is 44.2 Å². The molecule has 0 bridgehead atoms. The van der Waals surface area contributed by atoms with Gasteiger partial charge in [0.25, 0.3) is 0 Å². The summed E-state index contributed by atoms with van der Waals surface area (Å²) in [5.74, 6) is 1.00. The van der Waals surface area contributed by atoms with E-state index in [0.29, 0.717) is 35.3 Å². The van der Waals surface area contributed by atoms with Crippen molar-refractivity contribution in [1.82, 2.24) is 15.0 Å². The van der Waals surface area contributed by atoms with Gasteiger partial charge in [-0.3, -0.25) is 4.98 Å². The lowest BCUT2D eigenvalue weighted by Gasteiger charge is -2.24. The van der Waals surface area contributed by atoms with Gasteiger partial charge >= 0.3 is 0 Å². The predicted octanol–water partition coefficient (Wildman–Crippen LogP) is 2.02. The van der Waals surface area contributed by atoms with Crippen LogP contribution in [0.3, 0.4) is 0 Å². The van der Waals surface area contributed by atoms with Crippen molar-refractivity contribution in [2.24, 2.45) is 11.8 Å². The molecular formula is C18H19FN6. The SMILES string of the molecule is CCc1ncnc(N2CC3CN(c4cnccc4C#N)CC3C2)c1F. The molecule has 0 aromatic carbocycles. The number of aromatic nitrogens is 3. The van der Waals surface area contributed by atoms with Crippen LogP contribution >= 0.6 is 0 Å². The Labute approximate surface area is 145 Å². The summed E-state index contributed by atoms with van der Waals surface area (Å²) in [5, 5.41) is 9.28. The number of nitriles is 1. The predicted molar refractivity (Wildman–Crippen MR) is 91.7 cm³/mol. The number of anilines is 2. The molecule has 0 saturated carbocycles. The van der Waals surface area contributed by atoms with Crippen LogP contribution in [0.5, 0.6) is 0 Å². The smallest absolute Gasteiger partial charge is 0.187 e. The maximum Gasteiger partial charge on any atom is 0.187 e. The van der Waals surface area contributed by atoms with Crippen LogP contribution in [0.25, 0.3) is 0 Å². The highest BCUT2D eigenvalue weighted by molar-refractivity contribution is 5.59. The fourth-order valence-corrected chi connectivity index (χ4v) is 3.96. The summed E-state index contributed by atoms with van der Waals surface area (Å²) in [5.41, 5.74) is 2.02. The number of pyridine rings is 1. The molecule has 2 unspecified atom stereocenters. The number of halogens is 1. The summed E-state index contributed by atoms with van der Waals surface area (Å²) in [6.07, 6.45) is 5.42. The van der Waals surface area contributed by atoms with Crippen LogP contribution in [0.15, 0.2) is 24.8 Å². The van der Waals surface area contributed by atoms with Gasteiger partial charge in [-0.15, -0.1) is 0 Å². The molecule has 2 aromatic heterocycles. The lowest BCUT2D eigenvalue weighted by Crippen LogP contribution is -2.30. The fourth-order valence-electron chi connectivity index (χ4n) is 3.96. The van der Waals surface area contributed by atoms with Crippen molar-refractivity contribution in [3.8, 4) is 6.07 Å². The highest BCUT2D eigenvalue weighted by Gasteiger charge is 2.41. The molecule has 2 fully saturated rings. The van der Waals surface area contributed by atoms with Crippen molar-refractivity contribution in [3.05, 3.63) is 41.9 Å². The van der Waals surface area contributed by atoms with Crippen molar-refractivity contribution >= 4 is 11.5 Å². The van der Waals surface area contributed by atoms with Crippen LogP contribution in [0.2, 0.25) is 0 Å². The summed E-state index contributed by atoms with van der Waals surface area (Å²) in [7, 11) is 0. The number of aryl methyl sites for hydroxylation is 1. The standard InChI is InChI=1S/C18H19FN6/c1-2-15-17(19)18(23-11-22-15)25-9-13-7-24(8-14(13)10-25)16-6-21-4-3-12(16)5-20/h3-4,6,11,13-14H,2,7-10H2,1H3. The summed E-state index contributed by atoms with van der Waals surface area (Å²) < 4.78 is 14.5. The Hall–Kier alpha value is -2.75. The molecule has 2 saturated heterocycles. The molecule has 0 N–H and O–H groups in total. The van der Waals surface area contributed by atoms with E-state index in [1.165, 1.54) is 6.33 Å². The van der Waals surface area contributed by atoms with Crippen LogP contribution < -0.4 is 9.80 Å². The molecule has 4 rings (SSSR count). The summed E-state index contributed by atoms with van der Waals surface area (Å²) in [6, 6.07) is 3.98. The van der Waals surface area contributed by atoms with Crippen LogP contribution in [-0.2, 0) is 6.42 Å². The molecule has 0 aliphatic carbocycles. The molecule has 0 amide bonds. The van der Waals surface area contributed by atoms with E-state index in [1.54, 1.807) is 18.5 Å². The van der Waals surface area contributed by atoms with E-state index in [-0.39, 0.29) is 5.82 Å². The minimum Gasteiger partial charge on any atom is -0.369 e. The van der Waals surface area contributed by atoms with Crippen LogP contribution in [0.4, 0.5) is 15.9 Å². The first-order valence-corrected chi connectivity index (χ1v) is 8.54. The Morgan fingerprint density at radius 3 is 2.60 bits per heavy atom. The Balaban J connectivity index is 1.51. The Kier molecular flexibility index (Phi) is 3.96. The number of nitrogens with zero attached hydrogens (tertiary/aromatic N) is 6. The van der Waals surface area contributed by atoms with Crippen molar-refractivity contribution in [2.75, 3.05) is 36.0 Å². The van der Waals surface area contributed by atoms with Gasteiger partial charge in [-0.2, -0.15) is 5.26 Å². The maximum atomic E-state index is 14.5. The highest BCUT2D eigenvalue weighted by Crippen LogP contribution is 2.37. The maximum absolute atomic E-state index is 14.5. The van der Waals surface area contributed by atoms with Gasteiger partial charge in [0.15, 0.2) is 11.6 Å². The van der Waals surface area contributed by atoms with E-state index >= 15 is 0 Å². The van der Waals surface area contributed by atoms with E-state index in [2.05, 4.69) is 25.9 Å². The van der Waals surface area contributed by atoms with Gasteiger partial charge in [0.1, 0.15) is 12.4 Å². The van der Waals surface area contributed by atoms with Gasteiger partial charge in [-0.25, -0.2) is 14.4 Å². The van der Waals surface area contributed by atoms with E-state index < -0.39 is 0 Å². The second-order valence-corrected chi connectivity index (χ2v) is 6.65. The summed E-state index contributed by atoms with van der Waals surface area (Å²) in [6.45, 7) is 5.16. The van der Waals surface area contributed by atoms with Gasteiger partial charge in [-0.1, -0.05) is 6.92 Å². The second-order valence-electron chi connectivity index (χ2n) is 6.65. The zero-order chi connectivity index (χ0) is 17.4. The topological polar surface area (TPSA) is 68.9 Å². The largest absolute Gasteiger partial charge is 0.369 e. The summed E-state index contributed by atoms with van der Waals surface area (Å²) in [4.78, 5) is 16.6. The van der Waals surface area contributed by atoms with E-state index in [4.69, 9.17) is 0 Å². The second kappa shape index (κ2) is 6.28. The normalized spacial score (nSPS) is 22.1. The third kappa shape index (κ3) is 2.68. The van der Waals surface area contributed by atoms with Crippen molar-refractivity contribution in [3.63, 3.8) is 0 Å². The van der Waals surface area contributed by atoms with Gasteiger partial charge in [-0.05, 0) is 12.5 Å². The van der Waals surface area contributed by atoms with E-state index in [1.807, 2.05) is 11.8 Å². The molecule has 0 radical (unpaired) electrons. The third-order valence-corrected chi connectivity index (χ3v) is 5.23. The quantitative estimate of drug-likeness (QED) is 0.853. The first kappa shape index (κ1) is 15.8. The average Bonchev–Trinajstić information content (AvgIpc) is 3.21. The van der Waals surface area contributed by atoms with E-state index in [0.717, 1.165) is 31.9 Å². The zero-order valence-electron chi connectivity index (χ0n) is 14.1. The van der Waals surface area contributed by atoms with Crippen LogP contribution in [0, 0.1) is 29.0 Å². The third-order valence-electron chi connectivity index (χ3n) is 5.23. The van der Waals surface area contributed by atoms with Gasteiger partial charge in [0.2, 0.25) is 0 Å². The molecule has 2 aromatic rings. The first-order valence-electron chi connectivity index (χ1n) is 8.54. The van der Waals surface area contributed by atoms with Gasteiger partial charge in [0.05, 0.1) is 23.1 Å². The van der Waals surface area contributed by atoms with Crippen molar-refractivity contribution in [1.29, 1.82) is 5.26 Å². The highest BCUT2D eigenvalue weighted by atomic mass is 19.1. The van der Waals surface area contributed by atoms with Gasteiger partial charge < -0.3 is 9.80 Å². The molecule has 128 valence electrons. The minimum absolute atomic E-state index is 0.291. The molecule has 2 aliphatic rings. The zero-order valence-corrected chi connectivity index (χ0v) is 14.1. The molecule has 2 aliphatic heterocycles. The average molecular weight is 338 g/mol. The molecular weight excluding hydrogens is 319 g/mol. The van der Waals surface area contributed by atoms with Crippen LogP contribution in [0.1, 0.15) is 18.2 Å². The minimum atomic E-state index is -0.291. The Bertz CT molecular complexity index is 819. The number of rotatable bonds is 3. The monoisotopic (exact) mass is 338 g/mol. The number of hydrogen-bond acceptors (Lipinski definition) is 6. The molecule has 7 heteroatoms. The molecule has 4 heterocycles. The molecule has 25 heavy (non-hydrogen) atoms. The molecule has 0 spiro atoms. The summed E-state index contributed by atoms with van der Waals surface area (Å²) >= 11 is 0. The lowest BCUT2D eigenvalue weighted by molar-refractivity contribution is 0.533. The first-order chi connectivity index (χ1) is 12.2. The van der Waals surface area contributed by atoms with Crippen molar-refractivity contribution < 1.29 is 4.39 Å². The molecule has 6 nitrogen and oxygen atoms in total. The lowest BCUT2D eigenvalue weighted by atomic mass is 10.0.